The van der Waals surface area contributed by atoms with Crippen molar-refractivity contribution < 1.29 is 24.5 Å². The number of aliphatic hydroxyl groups excluding tert-OH is 2. The third-order valence-corrected chi connectivity index (χ3v) is 6.36. The first-order valence-corrected chi connectivity index (χ1v) is 13.0. The molecule has 0 bridgehead atoms. The van der Waals surface area contributed by atoms with Crippen LogP contribution in [-0.4, -0.2) is 50.7 Å². The Morgan fingerprint density at radius 2 is 1.56 bits per heavy atom. The largest absolute Gasteiger partial charge is 0.463 e. The van der Waals surface area contributed by atoms with E-state index in [2.05, 4.69) is 11.9 Å². The van der Waals surface area contributed by atoms with Crippen LogP contribution in [0.5, 0.6) is 0 Å². The van der Waals surface area contributed by atoms with Gasteiger partial charge in [-0.2, -0.15) is 4.98 Å². The molecule has 0 amide bonds. The average Bonchev–Trinajstić information content (AvgIpc) is 3.09. The van der Waals surface area contributed by atoms with Crippen LogP contribution in [0.15, 0.2) is 17.1 Å². The van der Waals surface area contributed by atoms with Gasteiger partial charge in [0.2, 0.25) is 0 Å². The van der Waals surface area contributed by atoms with Gasteiger partial charge in [0.25, 0.3) is 0 Å². The summed E-state index contributed by atoms with van der Waals surface area (Å²) in [6.07, 6.45) is 13.0. The van der Waals surface area contributed by atoms with E-state index in [0.29, 0.717) is 6.42 Å². The van der Waals surface area contributed by atoms with Crippen LogP contribution in [0.4, 0.5) is 5.82 Å². The van der Waals surface area contributed by atoms with Crippen LogP contribution in [0.1, 0.15) is 103 Å². The number of nitrogens with two attached hydrogens (primary N) is 1. The number of esters is 1. The fourth-order valence-electron chi connectivity index (χ4n) is 4.25. The number of hydrogen-bond donors (Lipinski definition) is 3. The smallest absolute Gasteiger partial charge is 0.351 e. The van der Waals surface area contributed by atoms with Crippen LogP contribution in [0.2, 0.25) is 0 Å². The molecule has 1 fully saturated rings. The van der Waals surface area contributed by atoms with Gasteiger partial charge >= 0.3 is 11.7 Å². The lowest BCUT2D eigenvalue weighted by atomic mass is 10.0. The van der Waals surface area contributed by atoms with Gasteiger partial charge in [0, 0.05) is 12.6 Å². The fourth-order valence-corrected chi connectivity index (χ4v) is 4.25. The molecule has 9 nitrogen and oxygen atoms in total. The van der Waals surface area contributed by atoms with Crippen molar-refractivity contribution in [3.05, 3.63) is 22.7 Å². The first kappa shape index (κ1) is 28.3. The summed E-state index contributed by atoms with van der Waals surface area (Å²) in [7, 11) is 0. The molecule has 194 valence electrons. The molecule has 2 rings (SSSR count). The molecule has 1 aliphatic heterocycles. The van der Waals surface area contributed by atoms with E-state index in [1.165, 1.54) is 76.5 Å². The minimum absolute atomic E-state index is 0.0490. The van der Waals surface area contributed by atoms with Gasteiger partial charge in [0.1, 0.15) is 30.7 Å². The summed E-state index contributed by atoms with van der Waals surface area (Å²) in [5.41, 5.74) is 4.77. The monoisotopic (exact) mass is 481 g/mol. The van der Waals surface area contributed by atoms with Crippen LogP contribution < -0.4 is 11.4 Å². The number of aromatic nitrogens is 2. The number of nitrogens with zero attached hydrogens (tertiary/aromatic N) is 2. The molecule has 1 saturated heterocycles. The normalized spacial score (nSPS) is 22.2. The summed E-state index contributed by atoms with van der Waals surface area (Å²) < 4.78 is 11.9. The van der Waals surface area contributed by atoms with Crippen molar-refractivity contribution in [1.82, 2.24) is 9.55 Å². The molecule has 0 saturated carbocycles. The van der Waals surface area contributed by atoms with E-state index in [-0.39, 0.29) is 18.4 Å². The number of aliphatic hydroxyl groups is 2. The molecule has 0 spiro atoms. The Kier molecular flexibility index (Phi) is 13.2. The number of anilines is 1. The first-order valence-electron chi connectivity index (χ1n) is 13.0. The van der Waals surface area contributed by atoms with Crippen molar-refractivity contribution in [1.29, 1.82) is 0 Å². The molecule has 1 aromatic rings. The standard InChI is InChI=1S/C25H43N3O6/c1-2-3-4-5-6-7-8-9-10-11-12-13-14-15-21(29)33-18-19-22(30)23(31)24(34-19)28-17-16-20(26)27-25(28)32/h16-17,19,22-24,30-31H,2-15,18H2,1H3,(H2,26,27,32)/t19-,22-,23+,24-/m1/s1. The van der Waals surface area contributed by atoms with E-state index in [4.69, 9.17) is 15.2 Å². The highest BCUT2D eigenvalue weighted by molar-refractivity contribution is 5.69. The summed E-state index contributed by atoms with van der Waals surface area (Å²) in [6.45, 7) is 2.05. The molecule has 1 aromatic heterocycles. The maximum absolute atomic E-state index is 12.0. The molecule has 9 heteroatoms. The lowest BCUT2D eigenvalue weighted by Gasteiger charge is -2.16. The highest BCUT2D eigenvalue weighted by atomic mass is 16.6. The van der Waals surface area contributed by atoms with Gasteiger partial charge in [-0.3, -0.25) is 9.36 Å². The summed E-state index contributed by atoms with van der Waals surface area (Å²) in [5.74, 6) is -0.309. The Bertz CT molecular complexity index is 771. The van der Waals surface area contributed by atoms with Gasteiger partial charge < -0.3 is 25.4 Å². The quantitative estimate of drug-likeness (QED) is 0.227. The van der Waals surface area contributed by atoms with Crippen molar-refractivity contribution in [3.8, 4) is 0 Å². The van der Waals surface area contributed by atoms with Crippen LogP contribution in [-0.2, 0) is 14.3 Å². The Morgan fingerprint density at radius 1 is 1.00 bits per heavy atom. The molecule has 34 heavy (non-hydrogen) atoms. The maximum Gasteiger partial charge on any atom is 0.351 e. The third-order valence-electron chi connectivity index (χ3n) is 6.36. The highest BCUT2D eigenvalue weighted by Crippen LogP contribution is 2.28. The Hall–Kier alpha value is -1.97. The molecule has 0 aromatic carbocycles. The van der Waals surface area contributed by atoms with E-state index in [1.807, 2.05) is 0 Å². The number of ether oxygens (including phenoxy) is 2. The molecular weight excluding hydrogens is 438 g/mol. The van der Waals surface area contributed by atoms with Crippen LogP contribution in [0, 0.1) is 0 Å². The first-order chi connectivity index (χ1) is 16.4. The van der Waals surface area contributed by atoms with E-state index in [0.717, 1.165) is 23.8 Å². The molecule has 4 atom stereocenters. The summed E-state index contributed by atoms with van der Waals surface area (Å²) in [6, 6.07) is 1.40. The number of carbonyl (C=O) groups excluding carboxylic acids is 1. The highest BCUT2D eigenvalue weighted by Gasteiger charge is 2.44. The summed E-state index contributed by atoms with van der Waals surface area (Å²) in [5, 5.41) is 20.5. The van der Waals surface area contributed by atoms with Crippen molar-refractivity contribution in [2.75, 3.05) is 12.3 Å². The van der Waals surface area contributed by atoms with Gasteiger partial charge in [-0.25, -0.2) is 4.79 Å². The molecule has 0 unspecified atom stereocenters. The van der Waals surface area contributed by atoms with Crippen LogP contribution in [0.3, 0.4) is 0 Å². The molecule has 4 N–H and O–H groups in total. The summed E-state index contributed by atoms with van der Waals surface area (Å²) >= 11 is 0. The minimum atomic E-state index is -1.35. The van der Waals surface area contributed by atoms with Crippen molar-refractivity contribution in [3.63, 3.8) is 0 Å². The number of hydrogen-bond acceptors (Lipinski definition) is 8. The Morgan fingerprint density at radius 3 is 2.12 bits per heavy atom. The van der Waals surface area contributed by atoms with Crippen molar-refractivity contribution in [2.45, 2.75) is 121 Å². The van der Waals surface area contributed by atoms with E-state index in [9.17, 15) is 19.8 Å². The lowest BCUT2D eigenvalue weighted by molar-refractivity contribution is -0.150. The van der Waals surface area contributed by atoms with Gasteiger partial charge in [-0.1, -0.05) is 84.0 Å². The number of rotatable bonds is 17. The van der Waals surface area contributed by atoms with Gasteiger partial charge in [0.15, 0.2) is 6.23 Å². The van der Waals surface area contributed by atoms with Crippen molar-refractivity contribution >= 4 is 11.8 Å². The summed E-state index contributed by atoms with van der Waals surface area (Å²) in [4.78, 5) is 27.6. The zero-order chi connectivity index (χ0) is 24.8. The number of unbranched alkanes of at least 4 members (excludes halogenated alkanes) is 12. The zero-order valence-electron chi connectivity index (χ0n) is 20.6. The van der Waals surface area contributed by atoms with Crippen LogP contribution in [0.25, 0.3) is 0 Å². The minimum Gasteiger partial charge on any atom is -0.463 e. The third kappa shape index (κ3) is 9.72. The van der Waals surface area contributed by atoms with Crippen molar-refractivity contribution in [2.24, 2.45) is 0 Å². The second kappa shape index (κ2) is 15.8. The predicted molar refractivity (Wildman–Crippen MR) is 130 cm³/mol. The molecule has 1 aliphatic rings. The molecule has 0 aliphatic carbocycles. The van der Waals surface area contributed by atoms with Crippen LogP contribution >= 0.6 is 0 Å². The number of nitrogen functional groups attached to an aromatic ring is 1. The second-order valence-corrected chi connectivity index (χ2v) is 9.26. The molecule has 0 radical (unpaired) electrons. The second-order valence-electron chi connectivity index (χ2n) is 9.26. The van der Waals surface area contributed by atoms with E-state index >= 15 is 0 Å². The maximum atomic E-state index is 12.0. The SMILES string of the molecule is CCCCCCCCCCCCCCCC(=O)OC[C@H]1O[C@@H](n2ccc(N)nc2=O)[C@@H](O)[C@@H]1O. The predicted octanol–water partition coefficient (Wildman–Crippen LogP) is 3.47. The topological polar surface area (TPSA) is 137 Å². The lowest BCUT2D eigenvalue weighted by Crippen LogP contribution is -2.36. The van der Waals surface area contributed by atoms with E-state index < -0.39 is 30.2 Å². The fraction of sp³-hybridized carbons (Fsp3) is 0.800. The van der Waals surface area contributed by atoms with E-state index in [1.54, 1.807) is 0 Å². The molecular formula is C25H43N3O6. The van der Waals surface area contributed by atoms with Gasteiger partial charge in [-0.05, 0) is 12.5 Å². The Labute approximate surface area is 202 Å². The zero-order valence-corrected chi connectivity index (χ0v) is 20.6. The average molecular weight is 482 g/mol. The van der Waals surface area contributed by atoms with Gasteiger partial charge in [-0.15, -0.1) is 0 Å². The molecule has 2 heterocycles. The van der Waals surface area contributed by atoms with Gasteiger partial charge in [0.05, 0.1) is 0 Å². The number of carbonyl (C=O) groups is 1. The Balaban J connectivity index is 1.52.